The van der Waals surface area contributed by atoms with Gasteiger partial charge in [-0.3, -0.25) is 15.1 Å². The highest BCUT2D eigenvalue weighted by molar-refractivity contribution is 5.85. The SMILES string of the molecule is Cc1c2c(nc3cc([N+](=O)[O-])ccc13)CCCNC2. The van der Waals surface area contributed by atoms with E-state index in [9.17, 15) is 10.1 Å². The van der Waals surface area contributed by atoms with Gasteiger partial charge in [0.15, 0.2) is 0 Å². The van der Waals surface area contributed by atoms with Gasteiger partial charge in [0.05, 0.1) is 10.4 Å². The number of aryl methyl sites for hydroxylation is 2. The Bertz CT molecular complexity index is 667. The largest absolute Gasteiger partial charge is 0.313 e. The first-order valence-electron chi connectivity index (χ1n) is 6.44. The van der Waals surface area contributed by atoms with Crippen LogP contribution in [0.1, 0.15) is 23.2 Å². The Kier molecular flexibility index (Phi) is 2.91. The number of aromatic nitrogens is 1. The van der Waals surface area contributed by atoms with Gasteiger partial charge < -0.3 is 5.32 Å². The van der Waals surface area contributed by atoms with Gasteiger partial charge in [0.2, 0.25) is 0 Å². The monoisotopic (exact) mass is 257 g/mol. The number of nitro groups is 1. The van der Waals surface area contributed by atoms with Crippen LogP contribution >= 0.6 is 0 Å². The van der Waals surface area contributed by atoms with Gasteiger partial charge in [-0.2, -0.15) is 0 Å². The molecule has 1 aliphatic rings. The average molecular weight is 257 g/mol. The smallest absolute Gasteiger partial charge is 0.271 e. The number of fused-ring (bicyclic) bond motifs is 2. The molecule has 0 aliphatic carbocycles. The molecule has 2 heterocycles. The number of rotatable bonds is 1. The molecular weight excluding hydrogens is 242 g/mol. The van der Waals surface area contributed by atoms with Gasteiger partial charge in [0.1, 0.15) is 0 Å². The van der Waals surface area contributed by atoms with Crippen LogP contribution in [0.5, 0.6) is 0 Å². The highest BCUT2D eigenvalue weighted by Crippen LogP contribution is 2.27. The topological polar surface area (TPSA) is 68.1 Å². The highest BCUT2D eigenvalue weighted by Gasteiger charge is 2.16. The fourth-order valence-electron chi connectivity index (χ4n) is 2.67. The standard InChI is InChI=1S/C14H15N3O2/c1-9-11-5-4-10(17(18)19)7-14(11)16-13-3-2-6-15-8-12(9)13/h4-5,7,15H,2-3,6,8H2,1H3. The molecule has 2 aromatic rings. The lowest BCUT2D eigenvalue weighted by molar-refractivity contribution is -0.384. The second-order valence-electron chi connectivity index (χ2n) is 4.90. The van der Waals surface area contributed by atoms with Gasteiger partial charge in [-0.15, -0.1) is 0 Å². The Balaban J connectivity index is 2.24. The van der Waals surface area contributed by atoms with E-state index >= 15 is 0 Å². The lowest BCUT2D eigenvalue weighted by Crippen LogP contribution is -2.13. The molecule has 19 heavy (non-hydrogen) atoms. The van der Waals surface area contributed by atoms with Crippen molar-refractivity contribution in [2.75, 3.05) is 6.54 Å². The third-order valence-electron chi connectivity index (χ3n) is 3.72. The normalized spacial score (nSPS) is 15.0. The second kappa shape index (κ2) is 4.59. The number of non-ortho nitro benzene ring substituents is 1. The van der Waals surface area contributed by atoms with Crippen molar-refractivity contribution < 1.29 is 4.92 Å². The highest BCUT2D eigenvalue weighted by atomic mass is 16.6. The maximum atomic E-state index is 10.8. The van der Waals surface area contributed by atoms with Crippen molar-refractivity contribution in [3.8, 4) is 0 Å². The Labute approximate surface area is 110 Å². The number of pyridine rings is 1. The first-order valence-corrected chi connectivity index (χ1v) is 6.44. The van der Waals surface area contributed by atoms with Gasteiger partial charge in [-0.1, -0.05) is 0 Å². The Morgan fingerprint density at radius 2 is 2.26 bits per heavy atom. The van der Waals surface area contributed by atoms with Crippen molar-refractivity contribution in [3.63, 3.8) is 0 Å². The molecule has 0 saturated carbocycles. The molecule has 0 saturated heterocycles. The molecule has 1 N–H and O–H groups in total. The second-order valence-corrected chi connectivity index (χ2v) is 4.90. The van der Waals surface area contributed by atoms with E-state index in [0.717, 1.165) is 42.5 Å². The number of hydrogen-bond donors (Lipinski definition) is 1. The predicted molar refractivity (Wildman–Crippen MR) is 73.2 cm³/mol. The molecular formula is C14H15N3O2. The zero-order valence-electron chi connectivity index (χ0n) is 10.8. The summed E-state index contributed by atoms with van der Waals surface area (Å²) in [5.41, 5.74) is 4.34. The molecule has 0 bridgehead atoms. The molecule has 0 atom stereocenters. The summed E-state index contributed by atoms with van der Waals surface area (Å²) >= 11 is 0. The Morgan fingerprint density at radius 1 is 1.42 bits per heavy atom. The van der Waals surface area contributed by atoms with Crippen LogP contribution < -0.4 is 5.32 Å². The number of hydrogen-bond acceptors (Lipinski definition) is 4. The van der Waals surface area contributed by atoms with Crippen LogP contribution in [0.3, 0.4) is 0 Å². The summed E-state index contributed by atoms with van der Waals surface area (Å²) in [5.74, 6) is 0. The Morgan fingerprint density at radius 3 is 3.05 bits per heavy atom. The van der Waals surface area contributed by atoms with Crippen LogP contribution in [0.25, 0.3) is 10.9 Å². The first kappa shape index (κ1) is 12.0. The van der Waals surface area contributed by atoms with E-state index in [-0.39, 0.29) is 10.6 Å². The summed E-state index contributed by atoms with van der Waals surface area (Å²) in [6.07, 6.45) is 1.99. The van der Waals surface area contributed by atoms with Crippen LogP contribution in [-0.2, 0) is 13.0 Å². The molecule has 0 unspecified atom stereocenters. The van der Waals surface area contributed by atoms with Crippen LogP contribution in [0, 0.1) is 17.0 Å². The fourth-order valence-corrected chi connectivity index (χ4v) is 2.67. The molecule has 1 aromatic heterocycles. The van der Waals surface area contributed by atoms with Gasteiger partial charge >= 0.3 is 0 Å². The van der Waals surface area contributed by atoms with Crippen LogP contribution in [0.4, 0.5) is 5.69 Å². The summed E-state index contributed by atoms with van der Waals surface area (Å²) in [5, 5.41) is 15.2. The summed E-state index contributed by atoms with van der Waals surface area (Å²) < 4.78 is 0. The number of nitro benzene ring substituents is 1. The van der Waals surface area contributed by atoms with E-state index in [0.29, 0.717) is 0 Å². The average Bonchev–Trinajstić information content (AvgIpc) is 2.63. The summed E-state index contributed by atoms with van der Waals surface area (Å²) in [6.45, 7) is 3.90. The molecule has 1 aromatic carbocycles. The molecule has 0 radical (unpaired) electrons. The van der Waals surface area contributed by atoms with E-state index in [4.69, 9.17) is 0 Å². The molecule has 3 rings (SSSR count). The number of nitrogens with zero attached hydrogens (tertiary/aromatic N) is 2. The molecule has 0 fully saturated rings. The minimum Gasteiger partial charge on any atom is -0.313 e. The van der Waals surface area contributed by atoms with Crippen molar-refractivity contribution in [2.45, 2.75) is 26.3 Å². The third kappa shape index (κ3) is 2.06. The maximum Gasteiger partial charge on any atom is 0.271 e. The molecule has 0 amide bonds. The summed E-state index contributed by atoms with van der Waals surface area (Å²) in [7, 11) is 0. The maximum absolute atomic E-state index is 10.8. The predicted octanol–water partition coefficient (Wildman–Crippen LogP) is 2.49. The van der Waals surface area contributed by atoms with Crippen molar-refractivity contribution in [3.05, 3.63) is 45.1 Å². The molecule has 5 heteroatoms. The van der Waals surface area contributed by atoms with E-state index < -0.39 is 0 Å². The molecule has 5 nitrogen and oxygen atoms in total. The van der Waals surface area contributed by atoms with E-state index in [1.54, 1.807) is 18.2 Å². The molecule has 1 aliphatic heterocycles. The Hall–Kier alpha value is -2.01. The van der Waals surface area contributed by atoms with Gasteiger partial charge in [-0.05, 0) is 43.5 Å². The van der Waals surface area contributed by atoms with Gasteiger partial charge in [0.25, 0.3) is 5.69 Å². The van der Waals surface area contributed by atoms with Crippen LogP contribution in [0.2, 0.25) is 0 Å². The van der Waals surface area contributed by atoms with Crippen molar-refractivity contribution in [1.82, 2.24) is 10.3 Å². The number of benzene rings is 1. The van der Waals surface area contributed by atoms with E-state index in [2.05, 4.69) is 17.2 Å². The van der Waals surface area contributed by atoms with Crippen molar-refractivity contribution >= 4 is 16.6 Å². The zero-order valence-corrected chi connectivity index (χ0v) is 10.8. The van der Waals surface area contributed by atoms with E-state index in [1.165, 1.54) is 11.1 Å². The summed E-state index contributed by atoms with van der Waals surface area (Å²) in [4.78, 5) is 15.1. The van der Waals surface area contributed by atoms with E-state index in [1.807, 2.05) is 0 Å². The van der Waals surface area contributed by atoms with Crippen LogP contribution in [-0.4, -0.2) is 16.5 Å². The minimum absolute atomic E-state index is 0.103. The fraction of sp³-hybridized carbons (Fsp3) is 0.357. The van der Waals surface area contributed by atoms with Crippen molar-refractivity contribution in [2.24, 2.45) is 0 Å². The minimum atomic E-state index is -0.371. The first-order chi connectivity index (χ1) is 9.16. The number of nitrogens with one attached hydrogen (secondary N) is 1. The molecule has 0 spiro atoms. The van der Waals surface area contributed by atoms with Crippen LogP contribution in [0.15, 0.2) is 18.2 Å². The quantitative estimate of drug-likeness (QED) is 0.629. The molecule has 98 valence electrons. The van der Waals surface area contributed by atoms with Gasteiger partial charge in [-0.25, -0.2) is 0 Å². The van der Waals surface area contributed by atoms with Crippen molar-refractivity contribution in [1.29, 1.82) is 0 Å². The van der Waals surface area contributed by atoms with Gasteiger partial charge in [0, 0.05) is 29.8 Å². The zero-order chi connectivity index (χ0) is 13.4. The summed E-state index contributed by atoms with van der Waals surface area (Å²) in [6, 6.07) is 4.93. The lowest BCUT2D eigenvalue weighted by atomic mass is 10.00. The lowest BCUT2D eigenvalue weighted by Gasteiger charge is -2.12. The third-order valence-corrected chi connectivity index (χ3v) is 3.72.